The maximum Gasteiger partial charge on any atom is 0.451 e. The van der Waals surface area contributed by atoms with Crippen LogP contribution in [0.25, 0.3) is 22.5 Å². The Morgan fingerprint density at radius 3 is 1.59 bits per heavy atom. The van der Waals surface area contributed by atoms with E-state index in [9.17, 15) is 40.7 Å². The van der Waals surface area contributed by atoms with E-state index in [1.165, 1.54) is 12.7 Å². The minimum absolute atomic E-state index is 0.0624. The van der Waals surface area contributed by atoms with Crippen LogP contribution >= 0.6 is 0 Å². The SMILES string of the molecule is CC(C)(C)OC(=O)N1[C@H](C(=O)CCc2cc(-c3cnc(C(F)(F)F)nc3)ncn2)CCC12CC2.O=C(CCc1cc(-c2cnc(C(F)(F)F)nc2)ncn1)[C@@H]1CCC2(CC2)N1. The van der Waals surface area contributed by atoms with Gasteiger partial charge in [-0.15, -0.1) is 0 Å². The predicted molar refractivity (Wildman–Crippen MR) is 204 cm³/mol. The number of aryl methyl sites for hydroxylation is 2. The molecule has 0 unspecified atom stereocenters. The minimum Gasteiger partial charge on any atom is -0.444 e. The van der Waals surface area contributed by atoms with Crippen LogP contribution in [0.2, 0.25) is 0 Å². The van der Waals surface area contributed by atoms with Crippen molar-refractivity contribution in [3.05, 3.63) is 72.6 Å². The van der Waals surface area contributed by atoms with E-state index in [4.69, 9.17) is 4.74 Å². The highest BCUT2D eigenvalue weighted by atomic mass is 19.4. The molecule has 4 aromatic rings. The van der Waals surface area contributed by atoms with Crippen molar-refractivity contribution in [1.82, 2.24) is 50.1 Å². The quantitative estimate of drug-likeness (QED) is 0.160. The van der Waals surface area contributed by atoms with Gasteiger partial charge >= 0.3 is 18.4 Å². The van der Waals surface area contributed by atoms with Gasteiger partial charge in [0.1, 0.15) is 24.0 Å². The van der Waals surface area contributed by atoms with Crippen LogP contribution in [0, 0.1) is 0 Å². The zero-order valence-electron chi connectivity index (χ0n) is 33.7. The standard InChI is InChI=1S/C23H26F3N5O3.C18H18F3N5O/c1-21(2,3)34-20(33)31-17(6-7-22(31)8-9-22)18(32)5-4-15-10-16(30-13-29-15)14-11-27-19(28-12-14)23(24,25)26;19-18(20,21)16-22-8-11(9-23-16)14-7-12(24-10-25-14)1-2-15(27)13-3-4-17(26-13)5-6-17/h10-13,17H,4-9H2,1-3H3;7-10,13,26H,1-6H2/t17-;13-/m00/s1. The number of alkyl halides is 6. The predicted octanol–water partition coefficient (Wildman–Crippen LogP) is 7.12. The van der Waals surface area contributed by atoms with E-state index in [0.29, 0.717) is 59.6 Å². The Morgan fingerprint density at radius 2 is 1.16 bits per heavy atom. The summed E-state index contributed by atoms with van der Waals surface area (Å²) in [6, 6.07) is 2.66. The number of carbonyl (C=O) groups excluding carboxylic acids is 3. The zero-order valence-corrected chi connectivity index (χ0v) is 33.7. The Kier molecular flexibility index (Phi) is 11.9. The second-order valence-electron chi connectivity index (χ2n) is 17.0. The van der Waals surface area contributed by atoms with Crippen LogP contribution < -0.4 is 5.32 Å². The van der Waals surface area contributed by atoms with Crippen molar-refractivity contribution in [2.75, 3.05) is 0 Å². The number of Topliss-reactive ketones (excluding diaryl/α,β-unsaturated/α-hetero) is 2. The Balaban J connectivity index is 0.000000189. The number of carbonyl (C=O) groups is 3. The fraction of sp³-hybridized carbons (Fsp3) is 0.537. The summed E-state index contributed by atoms with van der Waals surface area (Å²) < 4.78 is 81.3. The van der Waals surface area contributed by atoms with Crippen molar-refractivity contribution >= 4 is 17.7 Å². The first-order valence-corrected chi connectivity index (χ1v) is 20.0. The third-order valence-electron chi connectivity index (χ3n) is 11.2. The molecule has 324 valence electrons. The normalized spacial score (nSPS) is 20.0. The van der Waals surface area contributed by atoms with Crippen molar-refractivity contribution < 1.29 is 45.5 Å². The summed E-state index contributed by atoms with van der Waals surface area (Å²) >= 11 is 0. The first-order chi connectivity index (χ1) is 28.7. The van der Waals surface area contributed by atoms with Crippen molar-refractivity contribution in [3.63, 3.8) is 0 Å². The Hall–Kier alpha value is -5.53. The van der Waals surface area contributed by atoms with Gasteiger partial charge in [0.2, 0.25) is 11.6 Å². The van der Waals surface area contributed by atoms with Gasteiger partial charge in [-0.25, -0.2) is 44.7 Å². The molecular formula is C41H44F6N10O4. The molecule has 2 saturated carbocycles. The summed E-state index contributed by atoms with van der Waals surface area (Å²) in [5.74, 6) is -2.30. The minimum atomic E-state index is -4.62. The number of aromatic nitrogens is 8. The second kappa shape index (κ2) is 16.7. The molecular weight excluding hydrogens is 811 g/mol. The molecule has 1 N–H and O–H groups in total. The van der Waals surface area contributed by atoms with Crippen LogP contribution in [0.5, 0.6) is 0 Å². The number of halogens is 6. The Labute approximate surface area is 346 Å². The van der Waals surface area contributed by atoms with Gasteiger partial charge in [0.15, 0.2) is 5.78 Å². The van der Waals surface area contributed by atoms with Crippen molar-refractivity contribution in [2.45, 2.75) is 139 Å². The van der Waals surface area contributed by atoms with Gasteiger partial charge in [0.25, 0.3) is 0 Å². The van der Waals surface area contributed by atoms with E-state index in [0.717, 1.165) is 69.7 Å². The molecule has 0 bridgehead atoms. The summed E-state index contributed by atoms with van der Waals surface area (Å²) in [5, 5.41) is 3.44. The van der Waals surface area contributed by atoms with Crippen molar-refractivity contribution in [3.8, 4) is 22.5 Å². The number of hydrogen-bond donors (Lipinski definition) is 1. The van der Waals surface area contributed by atoms with Crippen LogP contribution in [0.4, 0.5) is 31.1 Å². The van der Waals surface area contributed by atoms with E-state index < -0.39 is 41.7 Å². The van der Waals surface area contributed by atoms with Crippen molar-refractivity contribution in [2.24, 2.45) is 0 Å². The lowest BCUT2D eigenvalue weighted by Crippen LogP contribution is -2.48. The number of ketones is 2. The molecule has 8 rings (SSSR count). The monoisotopic (exact) mass is 854 g/mol. The fourth-order valence-corrected chi connectivity index (χ4v) is 7.72. The molecule has 2 saturated heterocycles. The molecule has 0 aromatic carbocycles. The van der Waals surface area contributed by atoms with E-state index >= 15 is 0 Å². The summed E-state index contributed by atoms with van der Waals surface area (Å²) in [6.07, 6.45) is 5.95. The fourth-order valence-electron chi connectivity index (χ4n) is 7.72. The molecule has 6 heterocycles. The van der Waals surface area contributed by atoms with Gasteiger partial charge in [0, 0.05) is 71.2 Å². The van der Waals surface area contributed by atoms with E-state index in [1.807, 2.05) is 0 Å². The largest absolute Gasteiger partial charge is 0.451 e. The molecule has 2 atom stereocenters. The van der Waals surface area contributed by atoms with Crippen LogP contribution in [-0.4, -0.2) is 91.2 Å². The third kappa shape index (κ3) is 10.7. The Bertz CT molecular complexity index is 2240. The topological polar surface area (TPSA) is 179 Å². The van der Waals surface area contributed by atoms with Crippen LogP contribution in [-0.2, 0) is 39.5 Å². The average Bonchev–Trinajstić information content (AvgIpc) is 4.08. The first kappa shape index (κ1) is 43.6. The lowest BCUT2D eigenvalue weighted by molar-refractivity contribution is -0.145. The molecule has 2 aliphatic carbocycles. The van der Waals surface area contributed by atoms with E-state index in [1.54, 1.807) is 37.8 Å². The maximum absolute atomic E-state index is 13.1. The average molecular weight is 855 g/mol. The van der Waals surface area contributed by atoms with Gasteiger partial charge in [-0.2, -0.15) is 26.3 Å². The number of ether oxygens (including phenoxy) is 1. The summed E-state index contributed by atoms with van der Waals surface area (Å²) in [5.41, 5.74) is 2.00. The van der Waals surface area contributed by atoms with E-state index in [2.05, 4.69) is 45.2 Å². The number of nitrogens with zero attached hydrogens (tertiary/aromatic N) is 9. The zero-order chi connectivity index (χ0) is 43.8. The molecule has 0 radical (unpaired) electrons. The number of likely N-dealkylation sites (tertiary alicyclic amines) is 1. The van der Waals surface area contributed by atoms with Gasteiger partial charge in [0.05, 0.1) is 23.5 Å². The van der Waals surface area contributed by atoms with Gasteiger partial charge in [-0.05, 0) is 97.1 Å². The molecule has 2 aliphatic heterocycles. The smallest absolute Gasteiger partial charge is 0.444 e. The number of amides is 1. The van der Waals surface area contributed by atoms with E-state index in [-0.39, 0.29) is 35.1 Å². The van der Waals surface area contributed by atoms with Gasteiger partial charge in [-0.1, -0.05) is 0 Å². The van der Waals surface area contributed by atoms with Crippen LogP contribution in [0.1, 0.15) is 108 Å². The van der Waals surface area contributed by atoms with Gasteiger partial charge < -0.3 is 10.1 Å². The van der Waals surface area contributed by atoms with Crippen LogP contribution in [0.3, 0.4) is 0 Å². The Morgan fingerprint density at radius 1 is 0.672 bits per heavy atom. The first-order valence-electron chi connectivity index (χ1n) is 20.0. The highest BCUT2D eigenvalue weighted by Crippen LogP contribution is 2.52. The molecule has 1 amide bonds. The molecule has 61 heavy (non-hydrogen) atoms. The number of nitrogens with one attached hydrogen (secondary N) is 1. The number of rotatable bonds is 10. The summed E-state index contributed by atoms with van der Waals surface area (Å²) in [7, 11) is 0. The summed E-state index contributed by atoms with van der Waals surface area (Å²) in [6.45, 7) is 5.39. The lowest BCUT2D eigenvalue weighted by Gasteiger charge is -2.32. The summed E-state index contributed by atoms with van der Waals surface area (Å²) in [4.78, 5) is 69.8. The molecule has 20 heteroatoms. The molecule has 4 aromatic heterocycles. The van der Waals surface area contributed by atoms with Gasteiger partial charge in [-0.3, -0.25) is 14.5 Å². The van der Waals surface area contributed by atoms with Crippen LogP contribution in [0.15, 0.2) is 49.6 Å². The second-order valence-corrected chi connectivity index (χ2v) is 17.0. The number of hydrogen-bond acceptors (Lipinski definition) is 13. The molecule has 4 aliphatic rings. The highest BCUT2D eigenvalue weighted by molar-refractivity contribution is 5.89. The molecule has 14 nitrogen and oxygen atoms in total. The molecule has 4 fully saturated rings. The van der Waals surface area contributed by atoms with Crippen molar-refractivity contribution in [1.29, 1.82) is 0 Å². The maximum atomic E-state index is 13.1. The lowest BCUT2D eigenvalue weighted by atomic mass is 10.0. The highest BCUT2D eigenvalue weighted by Gasteiger charge is 2.59. The molecule has 2 spiro atoms. The third-order valence-corrected chi connectivity index (χ3v) is 11.2.